The van der Waals surface area contributed by atoms with Crippen molar-refractivity contribution in [3.63, 3.8) is 0 Å². The number of nitrogens with zero attached hydrogens (tertiary/aromatic N) is 6. The highest BCUT2D eigenvalue weighted by molar-refractivity contribution is 6.00. The Bertz CT molecular complexity index is 1230. The van der Waals surface area contributed by atoms with E-state index in [1.165, 1.54) is 18.3 Å². The van der Waals surface area contributed by atoms with Gasteiger partial charge in [-0.3, -0.25) is 19.5 Å². The molecule has 0 spiro atoms. The first-order valence-electron chi connectivity index (χ1n) is 10.9. The number of benzene rings is 1. The predicted molar refractivity (Wildman–Crippen MR) is 118 cm³/mol. The van der Waals surface area contributed by atoms with Gasteiger partial charge in [-0.1, -0.05) is 12.1 Å². The number of likely N-dealkylation sites (tertiary alicyclic amines) is 1. The van der Waals surface area contributed by atoms with Crippen LogP contribution in [0.2, 0.25) is 0 Å². The van der Waals surface area contributed by atoms with E-state index < -0.39 is 0 Å². The van der Waals surface area contributed by atoms with Crippen LogP contribution in [-0.4, -0.2) is 43.2 Å². The smallest absolute Gasteiger partial charge is 0.274 e. The van der Waals surface area contributed by atoms with Crippen LogP contribution in [0.15, 0.2) is 36.7 Å². The zero-order valence-corrected chi connectivity index (χ0v) is 18.5. The van der Waals surface area contributed by atoms with E-state index in [1.54, 1.807) is 28.1 Å². The molecule has 33 heavy (non-hydrogen) atoms. The number of amides is 2. The van der Waals surface area contributed by atoms with Crippen molar-refractivity contribution in [1.29, 1.82) is 0 Å². The third-order valence-corrected chi connectivity index (χ3v) is 6.16. The van der Waals surface area contributed by atoms with E-state index in [0.29, 0.717) is 30.4 Å². The molecule has 2 aromatic heterocycles. The molecule has 2 aliphatic heterocycles. The molecule has 1 saturated heterocycles. The molecule has 1 unspecified atom stereocenters. The van der Waals surface area contributed by atoms with Gasteiger partial charge in [-0.25, -0.2) is 19.3 Å². The van der Waals surface area contributed by atoms with Crippen molar-refractivity contribution in [3.05, 3.63) is 76.5 Å². The average Bonchev–Trinajstić information content (AvgIpc) is 3.41. The van der Waals surface area contributed by atoms with Crippen LogP contribution in [0.5, 0.6) is 0 Å². The van der Waals surface area contributed by atoms with Crippen molar-refractivity contribution < 1.29 is 14.0 Å². The molecule has 2 amide bonds. The van der Waals surface area contributed by atoms with Gasteiger partial charge in [-0.15, -0.1) is 0 Å². The van der Waals surface area contributed by atoms with Crippen LogP contribution in [0.3, 0.4) is 0 Å². The maximum Gasteiger partial charge on any atom is 0.274 e. The Morgan fingerprint density at radius 1 is 1.12 bits per heavy atom. The number of hydrogen-bond acceptors (Lipinski definition) is 6. The van der Waals surface area contributed by atoms with Crippen LogP contribution in [0.1, 0.15) is 57.7 Å². The number of rotatable bonds is 4. The first-order chi connectivity index (χ1) is 15.9. The lowest BCUT2D eigenvalue weighted by atomic mass is 10.1. The molecular weight excluding hydrogens is 423 g/mol. The second kappa shape index (κ2) is 8.31. The summed E-state index contributed by atoms with van der Waals surface area (Å²) in [6, 6.07) is 5.78. The molecule has 1 fully saturated rings. The summed E-state index contributed by atoms with van der Waals surface area (Å²) in [4.78, 5) is 47.1. The second-order valence-electron chi connectivity index (χ2n) is 8.45. The van der Waals surface area contributed by atoms with E-state index >= 15 is 0 Å². The molecule has 1 atom stereocenters. The molecule has 0 radical (unpaired) electrons. The molecule has 0 saturated carbocycles. The number of halogens is 1. The van der Waals surface area contributed by atoms with E-state index in [9.17, 15) is 14.0 Å². The van der Waals surface area contributed by atoms with Gasteiger partial charge in [0.15, 0.2) is 5.82 Å². The fourth-order valence-electron chi connectivity index (χ4n) is 4.41. The summed E-state index contributed by atoms with van der Waals surface area (Å²) in [5.41, 5.74) is 3.38. The number of aryl methyl sites for hydroxylation is 2. The minimum absolute atomic E-state index is 0.0711. The number of fused-ring (bicyclic) bond motifs is 1. The van der Waals surface area contributed by atoms with Gasteiger partial charge in [0.05, 0.1) is 30.9 Å². The Hall–Kier alpha value is -3.75. The van der Waals surface area contributed by atoms with Crippen LogP contribution in [0, 0.1) is 19.7 Å². The van der Waals surface area contributed by atoms with E-state index in [0.717, 1.165) is 35.4 Å². The van der Waals surface area contributed by atoms with Crippen molar-refractivity contribution in [2.75, 3.05) is 11.4 Å². The molecule has 3 aromatic rings. The standard InChI is InChI=1S/C24H23FN6O2/c1-14-11-27-19(12-26-14)24(33)30-9-3-4-20(30)22-28-15(2)18-10-21(32)31(23(18)29-22)13-16-5-7-17(25)8-6-16/h5-8,11-12,20H,3-4,9-10,13H2,1-2H3. The van der Waals surface area contributed by atoms with Crippen LogP contribution in [0.25, 0.3) is 0 Å². The van der Waals surface area contributed by atoms with Crippen molar-refractivity contribution in [3.8, 4) is 0 Å². The first kappa shape index (κ1) is 21.1. The van der Waals surface area contributed by atoms with Crippen LogP contribution >= 0.6 is 0 Å². The van der Waals surface area contributed by atoms with Crippen molar-refractivity contribution in [2.24, 2.45) is 0 Å². The summed E-state index contributed by atoms with van der Waals surface area (Å²) in [5, 5.41) is 0. The third kappa shape index (κ3) is 3.94. The lowest BCUT2D eigenvalue weighted by Gasteiger charge is -2.25. The third-order valence-electron chi connectivity index (χ3n) is 6.16. The van der Waals surface area contributed by atoms with Gasteiger partial charge < -0.3 is 4.90 Å². The zero-order chi connectivity index (χ0) is 23.1. The largest absolute Gasteiger partial charge is 0.327 e. The molecule has 9 heteroatoms. The molecular formula is C24H23FN6O2. The highest BCUT2D eigenvalue weighted by Gasteiger charge is 2.37. The van der Waals surface area contributed by atoms with Crippen molar-refractivity contribution in [2.45, 2.75) is 45.7 Å². The minimum Gasteiger partial charge on any atom is -0.327 e. The Morgan fingerprint density at radius 2 is 1.91 bits per heavy atom. The van der Waals surface area contributed by atoms with E-state index in [2.05, 4.69) is 15.0 Å². The van der Waals surface area contributed by atoms with Gasteiger partial charge in [0.1, 0.15) is 17.3 Å². The van der Waals surface area contributed by atoms with Gasteiger partial charge in [-0.05, 0) is 44.4 Å². The summed E-state index contributed by atoms with van der Waals surface area (Å²) in [6.45, 7) is 4.57. The van der Waals surface area contributed by atoms with Crippen LogP contribution < -0.4 is 4.90 Å². The van der Waals surface area contributed by atoms with E-state index in [1.807, 2.05) is 13.8 Å². The second-order valence-corrected chi connectivity index (χ2v) is 8.45. The number of aromatic nitrogens is 4. The Balaban J connectivity index is 1.46. The number of hydrogen-bond donors (Lipinski definition) is 0. The molecule has 1 aromatic carbocycles. The zero-order valence-electron chi connectivity index (χ0n) is 18.5. The molecule has 5 rings (SSSR count). The summed E-state index contributed by atoms with van der Waals surface area (Å²) in [6.07, 6.45) is 4.86. The fourth-order valence-corrected chi connectivity index (χ4v) is 4.41. The average molecular weight is 446 g/mol. The molecule has 0 aliphatic carbocycles. The maximum absolute atomic E-state index is 13.3. The minimum atomic E-state index is -0.323. The highest BCUT2D eigenvalue weighted by Crippen LogP contribution is 2.36. The first-order valence-corrected chi connectivity index (χ1v) is 10.9. The molecule has 8 nitrogen and oxygen atoms in total. The van der Waals surface area contributed by atoms with Crippen LogP contribution in [0.4, 0.5) is 10.2 Å². The van der Waals surface area contributed by atoms with Crippen LogP contribution in [-0.2, 0) is 17.8 Å². The van der Waals surface area contributed by atoms with Gasteiger partial charge >= 0.3 is 0 Å². The van der Waals surface area contributed by atoms with Crippen molar-refractivity contribution >= 4 is 17.6 Å². The molecule has 0 N–H and O–H groups in total. The molecule has 4 heterocycles. The van der Waals surface area contributed by atoms with Gasteiger partial charge in [-0.2, -0.15) is 0 Å². The number of anilines is 1. The number of carbonyl (C=O) groups is 2. The lowest BCUT2D eigenvalue weighted by Crippen LogP contribution is -2.33. The molecule has 168 valence electrons. The quantitative estimate of drug-likeness (QED) is 0.612. The number of carbonyl (C=O) groups excluding carboxylic acids is 2. The van der Waals surface area contributed by atoms with E-state index in [4.69, 9.17) is 4.98 Å². The fraction of sp³-hybridized carbons (Fsp3) is 0.333. The monoisotopic (exact) mass is 446 g/mol. The van der Waals surface area contributed by atoms with Crippen molar-refractivity contribution in [1.82, 2.24) is 24.8 Å². The summed E-state index contributed by atoms with van der Waals surface area (Å²) in [7, 11) is 0. The maximum atomic E-state index is 13.3. The Kier molecular flexibility index (Phi) is 5.32. The normalized spacial score (nSPS) is 17.5. The SMILES string of the molecule is Cc1cnc(C(=O)N2CCCC2c2nc(C)c3c(n2)N(Cc2ccc(F)cc2)C(=O)C3)cn1. The Labute approximate surface area is 190 Å². The van der Waals surface area contributed by atoms with E-state index in [-0.39, 0.29) is 30.1 Å². The highest BCUT2D eigenvalue weighted by atomic mass is 19.1. The Morgan fingerprint density at radius 3 is 2.64 bits per heavy atom. The topological polar surface area (TPSA) is 92.2 Å². The van der Waals surface area contributed by atoms with Gasteiger partial charge in [0, 0.05) is 24.0 Å². The molecule has 0 bridgehead atoms. The lowest BCUT2D eigenvalue weighted by molar-refractivity contribution is -0.117. The summed E-state index contributed by atoms with van der Waals surface area (Å²) < 4.78 is 13.3. The predicted octanol–water partition coefficient (Wildman–Crippen LogP) is 3.09. The van der Waals surface area contributed by atoms with Gasteiger partial charge in [0.2, 0.25) is 5.91 Å². The summed E-state index contributed by atoms with van der Waals surface area (Å²) in [5.74, 6) is 0.498. The van der Waals surface area contributed by atoms with Gasteiger partial charge in [0.25, 0.3) is 5.91 Å². The summed E-state index contributed by atoms with van der Waals surface area (Å²) >= 11 is 0. The molecule has 2 aliphatic rings.